The summed E-state index contributed by atoms with van der Waals surface area (Å²) >= 11 is 1.16. The zero-order chi connectivity index (χ0) is 13.8. The molecule has 0 fully saturated rings. The number of hydrogen-bond acceptors (Lipinski definition) is 4. The molecule has 2 aromatic rings. The Labute approximate surface area is 113 Å². The molecule has 1 heterocycles. The van der Waals surface area contributed by atoms with Crippen molar-refractivity contribution in [1.29, 1.82) is 0 Å². The lowest BCUT2D eigenvalue weighted by Crippen LogP contribution is -2.14. The third-order valence-electron chi connectivity index (χ3n) is 2.45. The van der Waals surface area contributed by atoms with E-state index in [1.54, 1.807) is 6.92 Å². The second-order valence-electron chi connectivity index (χ2n) is 3.94. The normalized spacial score (nSPS) is 10.2. The van der Waals surface area contributed by atoms with Gasteiger partial charge < -0.3 is 10.4 Å². The van der Waals surface area contributed by atoms with Crippen molar-refractivity contribution >= 4 is 28.3 Å². The summed E-state index contributed by atoms with van der Waals surface area (Å²) in [5.41, 5.74) is 0.881. The fourth-order valence-corrected chi connectivity index (χ4v) is 2.41. The highest BCUT2D eigenvalue weighted by Crippen LogP contribution is 2.22. The first-order chi connectivity index (χ1) is 9.06. The molecule has 1 amide bonds. The van der Waals surface area contributed by atoms with Crippen LogP contribution in [0, 0.1) is 6.92 Å². The standard InChI is InChI=1S/C13H12N2O3S/c1-8-11(12(17)18)15-13(19-8)14-10(16)7-9-5-3-2-4-6-9/h2-6H,7H2,1H3,(H,17,18)(H,14,15,16). The van der Waals surface area contributed by atoms with Crippen LogP contribution in [0.5, 0.6) is 0 Å². The number of amides is 1. The SMILES string of the molecule is Cc1sc(NC(=O)Cc2ccccc2)nc1C(=O)O. The molecule has 1 aromatic heterocycles. The van der Waals surface area contributed by atoms with E-state index in [2.05, 4.69) is 10.3 Å². The molecule has 2 rings (SSSR count). The summed E-state index contributed by atoms with van der Waals surface area (Å²) in [6.45, 7) is 1.66. The molecule has 5 nitrogen and oxygen atoms in total. The number of carboxylic acids is 1. The molecule has 2 N–H and O–H groups in total. The van der Waals surface area contributed by atoms with Crippen molar-refractivity contribution in [2.75, 3.05) is 5.32 Å². The Kier molecular flexibility index (Phi) is 3.91. The van der Waals surface area contributed by atoms with Crippen molar-refractivity contribution in [2.24, 2.45) is 0 Å². The first-order valence-corrected chi connectivity index (χ1v) is 6.42. The van der Waals surface area contributed by atoms with Gasteiger partial charge in [0.05, 0.1) is 6.42 Å². The second-order valence-corrected chi connectivity index (χ2v) is 5.14. The highest BCUT2D eigenvalue weighted by Gasteiger charge is 2.15. The molecule has 0 spiro atoms. The molecular weight excluding hydrogens is 264 g/mol. The fraction of sp³-hybridized carbons (Fsp3) is 0.154. The van der Waals surface area contributed by atoms with Gasteiger partial charge in [-0.25, -0.2) is 9.78 Å². The molecule has 0 saturated heterocycles. The van der Waals surface area contributed by atoms with Gasteiger partial charge >= 0.3 is 5.97 Å². The number of carboxylic acid groups (broad SMARTS) is 1. The van der Waals surface area contributed by atoms with Gasteiger partial charge in [0.1, 0.15) is 0 Å². The predicted octanol–water partition coefficient (Wildman–Crippen LogP) is 2.33. The van der Waals surface area contributed by atoms with Crippen LogP contribution in [0.2, 0.25) is 0 Å². The summed E-state index contributed by atoms with van der Waals surface area (Å²) in [5, 5.41) is 11.8. The van der Waals surface area contributed by atoms with E-state index in [1.807, 2.05) is 30.3 Å². The molecule has 0 saturated carbocycles. The van der Waals surface area contributed by atoms with Crippen LogP contribution in [0.1, 0.15) is 20.9 Å². The summed E-state index contributed by atoms with van der Waals surface area (Å²) in [7, 11) is 0. The van der Waals surface area contributed by atoms with Crippen molar-refractivity contribution in [3.63, 3.8) is 0 Å². The molecule has 0 radical (unpaired) electrons. The summed E-state index contributed by atoms with van der Waals surface area (Å²) in [6, 6.07) is 9.31. The molecule has 0 aliphatic rings. The van der Waals surface area contributed by atoms with Gasteiger partial charge in [-0.05, 0) is 12.5 Å². The molecule has 0 unspecified atom stereocenters. The van der Waals surface area contributed by atoms with Crippen LogP contribution in [0.3, 0.4) is 0 Å². The van der Waals surface area contributed by atoms with Crippen molar-refractivity contribution in [3.05, 3.63) is 46.5 Å². The fourth-order valence-electron chi connectivity index (χ4n) is 1.59. The lowest BCUT2D eigenvalue weighted by Gasteiger charge is -2.01. The van der Waals surface area contributed by atoms with E-state index >= 15 is 0 Å². The average molecular weight is 276 g/mol. The zero-order valence-corrected chi connectivity index (χ0v) is 11.0. The van der Waals surface area contributed by atoms with Crippen molar-refractivity contribution in [1.82, 2.24) is 4.98 Å². The van der Waals surface area contributed by atoms with Gasteiger partial charge in [0.25, 0.3) is 0 Å². The van der Waals surface area contributed by atoms with E-state index in [1.165, 1.54) is 0 Å². The highest BCUT2D eigenvalue weighted by atomic mass is 32.1. The smallest absolute Gasteiger partial charge is 0.355 e. The molecule has 19 heavy (non-hydrogen) atoms. The number of nitrogens with one attached hydrogen (secondary N) is 1. The van der Waals surface area contributed by atoms with Crippen molar-refractivity contribution in [3.8, 4) is 0 Å². The van der Waals surface area contributed by atoms with E-state index in [0.717, 1.165) is 16.9 Å². The Morgan fingerprint density at radius 1 is 1.32 bits per heavy atom. The van der Waals surface area contributed by atoms with Crippen LogP contribution in [0.15, 0.2) is 30.3 Å². The Morgan fingerprint density at radius 2 is 2.00 bits per heavy atom. The minimum atomic E-state index is -1.09. The maximum absolute atomic E-state index is 11.8. The molecule has 0 atom stereocenters. The number of nitrogens with zero attached hydrogens (tertiary/aromatic N) is 1. The Balaban J connectivity index is 2.03. The minimum Gasteiger partial charge on any atom is -0.476 e. The summed E-state index contributed by atoms with van der Waals surface area (Å²) in [5.74, 6) is -1.30. The van der Waals surface area contributed by atoms with Crippen LogP contribution >= 0.6 is 11.3 Å². The monoisotopic (exact) mass is 276 g/mol. The van der Waals surface area contributed by atoms with Gasteiger partial charge in [-0.2, -0.15) is 0 Å². The number of benzene rings is 1. The number of carbonyl (C=O) groups is 2. The van der Waals surface area contributed by atoms with Gasteiger partial charge in [-0.1, -0.05) is 30.3 Å². The number of aromatic carboxylic acids is 1. The Hall–Kier alpha value is -2.21. The minimum absolute atomic E-state index is 0.0139. The van der Waals surface area contributed by atoms with Gasteiger partial charge in [-0.15, -0.1) is 11.3 Å². The zero-order valence-electron chi connectivity index (χ0n) is 10.2. The first kappa shape index (κ1) is 13.2. The van der Waals surface area contributed by atoms with Crippen LogP contribution in [-0.4, -0.2) is 22.0 Å². The lowest BCUT2D eigenvalue weighted by atomic mass is 10.1. The van der Waals surface area contributed by atoms with E-state index in [-0.39, 0.29) is 18.0 Å². The number of carbonyl (C=O) groups excluding carboxylic acids is 1. The topological polar surface area (TPSA) is 79.3 Å². The molecule has 0 bridgehead atoms. The summed E-state index contributed by atoms with van der Waals surface area (Å²) < 4.78 is 0. The largest absolute Gasteiger partial charge is 0.476 e. The third-order valence-corrected chi connectivity index (χ3v) is 3.34. The average Bonchev–Trinajstić information content (AvgIpc) is 2.71. The number of rotatable bonds is 4. The molecule has 0 aliphatic carbocycles. The van der Waals surface area contributed by atoms with Gasteiger partial charge in [0, 0.05) is 4.88 Å². The Bertz CT molecular complexity index is 608. The van der Waals surface area contributed by atoms with Gasteiger partial charge in [-0.3, -0.25) is 4.79 Å². The number of aromatic nitrogens is 1. The van der Waals surface area contributed by atoms with Crippen LogP contribution in [-0.2, 0) is 11.2 Å². The number of anilines is 1. The van der Waals surface area contributed by atoms with E-state index in [4.69, 9.17) is 5.11 Å². The van der Waals surface area contributed by atoms with E-state index in [9.17, 15) is 9.59 Å². The highest BCUT2D eigenvalue weighted by molar-refractivity contribution is 7.16. The van der Waals surface area contributed by atoms with Crippen molar-refractivity contribution < 1.29 is 14.7 Å². The van der Waals surface area contributed by atoms with Gasteiger partial charge in [0.15, 0.2) is 10.8 Å². The first-order valence-electron chi connectivity index (χ1n) is 5.61. The van der Waals surface area contributed by atoms with Crippen molar-refractivity contribution in [2.45, 2.75) is 13.3 Å². The third kappa shape index (κ3) is 3.38. The van der Waals surface area contributed by atoms with Crippen LogP contribution in [0.25, 0.3) is 0 Å². The van der Waals surface area contributed by atoms with Crippen LogP contribution in [0.4, 0.5) is 5.13 Å². The molecule has 98 valence electrons. The quantitative estimate of drug-likeness (QED) is 0.898. The van der Waals surface area contributed by atoms with E-state index in [0.29, 0.717) is 10.0 Å². The molecule has 6 heteroatoms. The number of aryl methyl sites for hydroxylation is 1. The molecule has 0 aliphatic heterocycles. The van der Waals surface area contributed by atoms with Crippen LogP contribution < -0.4 is 5.32 Å². The lowest BCUT2D eigenvalue weighted by molar-refractivity contribution is -0.115. The summed E-state index contributed by atoms with van der Waals surface area (Å²) in [4.78, 5) is 27.1. The maximum Gasteiger partial charge on any atom is 0.355 e. The molecule has 1 aromatic carbocycles. The molecular formula is C13H12N2O3S. The number of hydrogen-bond donors (Lipinski definition) is 2. The summed E-state index contributed by atoms with van der Waals surface area (Å²) in [6.07, 6.45) is 0.238. The maximum atomic E-state index is 11.8. The number of thiazole rings is 1. The second kappa shape index (κ2) is 5.62. The van der Waals surface area contributed by atoms with E-state index < -0.39 is 5.97 Å². The predicted molar refractivity (Wildman–Crippen MR) is 72.6 cm³/mol. The van der Waals surface area contributed by atoms with Gasteiger partial charge in [0.2, 0.25) is 5.91 Å². The Morgan fingerprint density at radius 3 is 2.58 bits per heavy atom.